The lowest BCUT2D eigenvalue weighted by molar-refractivity contribution is -0.151. The zero-order chi connectivity index (χ0) is 21.7. The minimum atomic E-state index is -0.459. The standard InChI is InChI=1S/C24H27NO5/c1-5-28-20-9-7-18(8-10-20)13-25(4)22(26)15-29-23(27)12-19-14-30-24-17(3)16(2)6-11-21(19)24/h6-11,14H,5,12-13,15H2,1-4H3. The molecule has 0 saturated heterocycles. The van der Waals surface area contributed by atoms with Crippen LogP contribution in [-0.4, -0.2) is 37.0 Å². The maximum absolute atomic E-state index is 12.3. The first kappa shape index (κ1) is 21.4. The maximum Gasteiger partial charge on any atom is 0.310 e. The molecule has 6 heteroatoms. The average Bonchev–Trinajstić information content (AvgIpc) is 3.13. The molecular formula is C24H27NO5. The van der Waals surface area contributed by atoms with Crippen LogP contribution in [0.4, 0.5) is 0 Å². The smallest absolute Gasteiger partial charge is 0.310 e. The van der Waals surface area contributed by atoms with Gasteiger partial charge in [0.2, 0.25) is 0 Å². The van der Waals surface area contributed by atoms with Crippen LogP contribution in [0.5, 0.6) is 5.75 Å². The minimum absolute atomic E-state index is 0.0609. The van der Waals surface area contributed by atoms with E-state index in [1.54, 1.807) is 13.3 Å². The molecular weight excluding hydrogens is 382 g/mol. The summed E-state index contributed by atoms with van der Waals surface area (Å²) in [6.45, 7) is 6.67. The number of carbonyl (C=O) groups excluding carboxylic acids is 2. The topological polar surface area (TPSA) is 69.0 Å². The second kappa shape index (κ2) is 9.48. The van der Waals surface area contributed by atoms with Crippen molar-refractivity contribution in [2.75, 3.05) is 20.3 Å². The second-order valence-electron chi connectivity index (χ2n) is 7.31. The summed E-state index contributed by atoms with van der Waals surface area (Å²) >= 11 is 0. The van der Waals surface area contributed by atoms with Gasteiger partial charge in [-0.1, -0.05) is 24.3 Å². The number of hydrogen-bond donors (Lipinski definition) is 0. The predicted molar refractivity (Wildman–Crippen MR) is 114 cm³/mol. The number of esters is 1. The predicted octanol–water partition coefficient (Wildman–Crippen LogP) is 4.19. The Morgan fingerprint density at radius 2 is 1.80 bits per heavy atom. The van der Waals surface area contributed by atoms with Gasteiger partial charge in [-0.05, 0) is 49.6 Å². The lowest BCUT2D eigenvalue weighted by Crippen LogP contribution is -2.31. The van der Waals surface area contributed by atoms with E-state index < -0.39 is 5.97 Å². The molecule has 6 nitrogen and oxygen atoms in total. The van der Waals surface area contributed by atoms with Crippen molar-refractivity contribution >= 4 is 22.8 Å². The molecule has 2 aromatic carbocycles. The van der Waals surface area contributed by atoms with E-state index in [0.29, 0.717) is 13.2 Å². The monoisotopic (exact) mass is 409 g/mol. The summed E-state index contributed by atoms with van der Waals surface area (Å²) in [5.74, 6) is 0.0702. The van der Waals surface area contributed by atoms with Crippen molar-refractivity contribution in [3.8, 4) is 5.75 Å². The molecule has 0 aliphatic rings. The molecule has 0 radical (unpaired) electrons. The summed E-state index contributed by atoms with van der Waals surface area (Å²) in [5.41, 5.74) is 4.69. The fraction of sp³-hybridized carbons (Fsp3) is 0.333. The number of benzene rings is 2. The number of carbonyl (C=O) groups is 2. The third kappa shape index (κ3) is 5.00. The van der Waals surface area contributed by atoms with Gasteiger partial charge in [-0.2, -0.15) is 0 Å². The first-order valence-corrected chi connectivity index (χ1v) is 9.96. The van der Waals surface area contributed by atoms with Gasteiger partial charge >= 0.3 is 5.97 Å². The van der Waals surface area contributed by atoms with Gasteiger partial charge in [0, 0.05) is 24.5 Å². The SMILES string of the molecule is CCOc1ccc(CN(C)C(=O)COC(=O)Cc2coc3c(C)c(C)ccc23)cc1. The van der Waals surface area contributed by atoms with E-state index >= 15 is 0 Å². The van der Waals surface area contributed by atoms with E-state index in [1.165, 1.54) is 4.90 Å². The van der Waals surface area contributed by atoms with Crippen molar-refractivity contribution in [2.45, 2.75) is 33.7 Å². The third-order valence-corrected chi connectivity index (χ3v) is 5.11. The summed E-state index contributed by atoms with van der Waals surface area (Å²) in [4.78, 5) is 26.1. The molecule has 158 valence electrons. The van der Waals surface area contributed by atoms with Crippen LogP contribution >= 0.6 is 0 Å². The van der Waals surface area contributed by atoms with Crippen LogP contribution in [0.1, 0.15) is 29.2 Å². The number of nitrogens with zero attached hydrogens (tertiary/aromatic N) is 1. The Kier molecular flexibility index (Phi) is 6.77. The quantitative estimate of drug-likeness (QED) is 0.522. The normalized spacial score (nSPS) is 10.8. The highest BCUT2D eigenvalue weighted by molar-refractivity contribution is 5.89. The Balaban J connectivity index is 1.51. The number of likely N-dealkylation sites (N-methyl/N-ethyl adjacent to an activating group) is 1. The first-order chi connectivity index (χ1) is 14.4. The molecule has 0 aliphatic heterocycles. The number of furan rings is 1. The van der Waals surface area contributed by atoms with Crippen LogP contribution in [-0.2, 0) is 27.3 Å². The number of rotatable bonds is 8. The molecule has 1 heterocycles. The van der Waals surface area contributed by atoms with Gasteiger partial charge in [0.25, 0.3) is 5.91 Å². The van der Waals surface area contributed by atoms with Crippen molar-refractivity contribution < 1.29 is 23.5 Å². The van der Waals surface area contributed by atoms with E-state index in [-0.39, 0.29) is 18.9 Å². The Hall–Kier alpha value is -3.28. The third-order valence-electron chi connectivity index (χ3n) is 5.11. The first-order valence-electron chi connectivity index (χ1n) is 9.96. The fourth-order valence-electron chi connectivity index (χ4n) is 3.20. The van der Waals surface area contributed by atoms with Crippen LogP contribution in [0.25, 0.3) is 11.0 Å². The van der Waals surface area contributed by atoms with Crippen molar-refractivity contribution in [3.05, 3.63) is 64.9 Å². The molecule has 0 N–H and O–H groups in total. The summed E-state index contributed by atoms with van der Waals surface area (Å²) in [7, 11) is 1.68. The molecule has 0 unspecified atom stereocenters. The number of fused-ring (bicyclic) bond motifs is 1. The number of aryl methyl sites for hydroxylation is 2. The summed E-state index contributed by atoms with van der Waals surface area (Å²) in [6, 6.07) is 11.5. The van der Waals surface area contributed by atoms with Crippen LogP contribution in [0.15, 0.2) is 47.1 Å². The van der Waals surface area contributed by atoms with Gasteiger partial charge in [0.15, 0.2) is 6.61 Å². The number of amides is 1. The van der Waals surface area contributed by atoms with E-state index in [1.807, 2.05) is 57.2 Å². The molecule has 0 bridgehead atoms. The molecule has 0 atom stereocenters. The largest absolute Gasteiger partial charge is 0.494 e. The van der Waals surface area contributed by atoms with E-state index in [0.717, 1.165) is 39.0 Å². The lowest BCUT2D eigenvalue weighted by atomic mass is 10.0. The highest BCUT2D eigenvalue weighted by Gasteiger charge is 2.16. The minimum Gasteiger partial charge on any atom is -0.494 e. The lowest BCUT2D eigenvalue weighted by Gasteiger charge is -2.17. The van der Waals surface area contributed by atoms with Crippen LogP contribution in [0.2, 0.25) is 0 Å². The van der Waals surface area contributed by atoms with Gasteiger partial charge in [-0.3, -0.25) is 9.59 Å². The van der Waals surface area contributed by atoms with Gasteiger partial charge in [0.1, 0.15) is 11.3 Å². The molecule has 0 aliphatic carbocycles. The molecule has 0 saturated carbocycles. The van der Waals surface area contributed by atoms with Gasteiger partial charge in [-0.25, -0.2) is 0 Å². The van der Waals surface area contributed by atoms with E-state index in [2.05, 4.69) is 0 Å². The zero-order valence-electron chi connectivity index (χ0n) is 17.9. The Labute approximate surface area is 176 Å². The summed E-state index contributed by atoms with van der Waals surface area (Å²) < 4.78 is 16.2. The van der Waals surface area contributed by atoms with Crippen LogP contribution < -0.4 is 4.74 Å². The van der Waals surface area contributed by atoms with Crippen LogP contribution in [0, 0.1) is 13.8 Å². The second-order valence-corrected chi connectivity index (χ2v) is 7.31. The number of ether oxygens (including phenoxy) is 2. The highest BCUT2D eigenvalue weighted by atomic mass is 16.5. The Morgan fingerprint density at radius 1 is 1.07 bits per heavy atom. The number of hydrogen-bond acceptors (Lipinski definition) is 5. The average molecular weight is 409 g/mol. The molecule has 3 rings (SSSR count). The summed E-state index contributed by atoms with van der Waals surface area (Å²) in [6.07, 6.45) is 1.64. The zero-order valence-corrected chi connectivity index (χ0v) is 17.9. The highest BCUT2D eigenvalue weighted by Crippen LogP contribution is 2.26. The van der Waals surface area contributed by atoms with Crippen molar-refractivity contribution in [1.82, 2.24) is 4.90 Å². The van der Waals surface area contributed by atoms with Crippen molar-refractivity contribution in [2.24, 2.45) is 0 Å². The van der Waals surface area contributed by atoms with E-state index in [4.69, 9.17) is 13.9 Å². The molecule has 0 spiro atoms. The molecule has 1 amide bonds. The molecule has 30 heavy (non-hydrogen) atoms. The van der Waals surface area contributed by atoms with Gasteiger partial charge in [-0.15, -0.1) is 0 Å². The van der Waals surface area contributed by atoms with Gasteiger partial charge < -0.3 is 18.8 Å². The van der Waals surface area contributed by atoms with Crippen LogP contribution in [0.3, 0.4) is 0 Å². The Morgan fingerprint density at radius 3 is 2.50 bits per heavy atom. The Bertz CT molecular complexity index is 1040. The van der Waals surface area contributed by atoms with Crippen molar-refractivity contribution in [1.29, 1.82) is 0 Å². The molecule has 3 aromatic rings. The van der Waals surface area contributed by atoms with Crippen molar-refractivity contribution in [3.63, 3.8) is 0 Å². The fourth-order valence-corrected chi connectivity index (χ4v) is 3.20. The van der Waals surface area contributed by atoms with E-state index in [9.17, 15) is 9.59 Å². The summed E-state index contributed by atoms with van der Waals surface area (Å²) in [5, 5.41) is 0.897. The molecule has 0 fully saturated rings. The maximum atomic E-state index is 12.3. The molecule has 1 aromatic heterocycles. The van der Waals surface area contributed by atoms with Gasteiger partial charge in [0.05, 0.1) is 19.3 Å².